The number of esters is 1. The van der Waals surface area contributed by atoms with Crippen molar-refractivity contribution in [2.24, 2.45) is 5.92 Å². The molecule has 2 rings (SSSR count). The summed E-state index contributed by atoms with van der Waals surface area (Å²) < 4.78 is 29.5. The molecule has 5 heteroatoms. The zero-order valence-corrected chi connectivity index (χ0v) is 13.9. The fourth-order valence-corrected chi connectivity index (χ4v) is 3.94. The van der Waals surface area contributed by atoms with Crippen LogP contribution in [0.2, 0.25) is 0 Å². The highest BCUT2D eigenvalue weighted by molar-refractivity contribution is 7.91. The summed E-state index contributed by atoms with van der Waals surface area (Å²) in [6, 6.07) is 6.68. The second-order valence-electron chi connectivity index (χ2n) is 6.07. The molecule has 1 aliphatic carbocycles. The van der Waals surface area contributed by atoms with Crippen LogP contribution in [0, 0.1) is 12.8 Å². The van der Waals surface area contributed by atoms with Crippen molar-refractivity contribution in [1.82, 2.24) is 0 Å². The summed E-state index contributed by atoms with van der Waals surface area (Å²) >= 11 is 0. The highest BCUT2D eigenvalue weighted by Gasteiger charge is 2.19. The van der Waals surface area contributed by atoms with Gasteiger partial charge >= 0.3 is 5.97 Å². The van der Waals surface area contributed by atoms with Crippen molar-refractivity contribution in [3.05, 3.63) is 29.8 Å². The number of ether oxygens (including phenoxy) is 1. The minimum Gasteiger partial charge on any atom is -0.465 e. The Kier molecular flexibility index (Phi) is 6.00. The van der Waals surface area contributed by atoms with Gasteiger partial charge in [0.2, 0.25) is 0 Å². The standard InChI is InChI=1S/C17H24O4S/c1-14-7-9-16(10-8-14)22(19,20)12-11-17(18)21-13-15-5-3-2-4-6-15/h7-10,15H,2-6,11-13H2,1H3. The SMILES string of the molecule is Cc1ccc(S(=O)(=O)CCC(=O)OCC2CCCCC2)cc1. The zero-order chi connectivity index (χ0) is 16.0. The van der Waals surface area contributed by atoms with Gasteiger partial charge in [-0.3, -0.25) is 4.79 Å². The van der Waals surface area contributed by atoms with Gasteiger partial charge in [0.15, 0.2) is 9.84 Å². The Morgan fingerprint density at radius 3 is 2.41 bits per heavy atom. The maximum Gasteiger partial charge on any atom is 0.306 e. The average molecular weight is 324 g/mol. The number of carbonyl (C=O) groups excluding carboxylic acids is 1. The second-order valence-corrected chi connectivity index (χ2v) is 8.18. The van der Waals surface area contributed by atoms with Gasteiger partial charge in [0.25, 0.3) is 0 Å². The van der Waals surface area contributed by atoms with Gasteiger partial charge in [0.05, 0.1) is 23.7 Å². The molecule has 0 aromatic heterocycles. The van der Waals surface area contributed by atoms with Crippen LogP contribution in [0.4, 0.5) is 0 Å². The highest BCUT2D eigenvalue weighted by Crippen LogP contribution is 2.23. The number of hydrogen-bond donors (Lipinski definition) is 0. The molecule has 1 saturated carbocycles. The first-order valence-electron chi connectivity index (χ1n) is 7.92. The van der Waals surface area contributed by atoms with Gasteiger partial charge < -0.3 is 4.74 Å². The molecule has 0 radical (unpaired) electrons. The third kappa shape index (κ3) is 5.13. The lowest BCUT2D eigenvalue weighted by Crippen LogP contribution is -2.19. The van der Waals surface area contributed by atoms with Crippen molar-refractivity contribution in [1.29, 1.82) is 0 Å². The summed E-state index contributed by atoms with van der Waals surface area (Å²) in [6.45, 7) is 2.34. The molecular formula is C17H24O4S. The van der Waals surface area contributed by atoms with Crippen LogP contribution in [0.15, 0.2) is 29.2 Å². The summed E-state index contributed by atoms with van der Waals surface area (Å²) in [5.74, 6) is -0.160. The fourth-order valence-electron chi connectivity index (χ4n) is 2.72. The Morgan fingerprint density at radius 1 is 1.14 bits per heavy atom. The van der Waals surface area contributed by atoms with Gasteiger partial charge in [-0.25, -0.2) is 8.42 Å². The molecule has 0 aliphatic heterocycles. The van der Waals surface area contributed by atoms with E-state index in [0.29, 0.717) is 12.5 Å². The first-order chi connectivity index (χ1) is 10.5. The van der Waals surface area contributed by atoms with Crippen LogP contribution in [0.1, 0.15) is 44.1 Å². The molecule has 0 atom stereocenters. The maximum atomic E-state index is 12.1. The quantitative estimate of drug-likeness (QED) is 0.753. The Hall–Kier alpha value is -1.36. The van der Waals surface area contributed by atoms with Gasteiger partial charge in [-0.15, -0.1) is 0 Å². The number of benzene rings is 1. The van der Waals surface area contributed by atoms with Crippen molar-refractivity contribution in [2.45, 2.75) is 50.3 Å². The maximum absolute atomic E-state index is 12.1. The molecule has 4 nitrogen and oxygen atoms in total. The van der Waals surface area contributed by atoms with E-state index in [1.54, 1.807) is 24.3 Å². The van der Waals surface area contributed by atoms with Crippen LogP contribution >= 0.6 is 0 Å². The number of rotatable bonds is 6. The minimum atomic E-state index is -3.42. The number of carbonyl (C=O) groups is 1. The van der Waals surface area contributed by atoms with Gasteiger partial charge in [-0.1, -0.05) is 37.0 Å². The molecule has 0 unspecified atom stereocenters. The summed E-state index contributed by atoms with van der Waals surface area (Å²) in [7, 11) is -3.42. The van der Waals surface area contributed by atoms with Gasteiger partial charge in [-0.2, -0.15) is 0 Å². The molecule has 1 aliphatic rings. The topological polar surface area (TPSA) is 60.4 Å². The minimum absolute atomic E-state index is 0.0804. The predicted octanol–water partition coefficient (Wildman–Crippen LogP) is 3.28. The molecular weight excluding hydrogens is 300 g/mol. The van der Waals surface area contributed by atoms with E-state index in [1.807, 2.05) is 6.92 Å². The lowest BCUT2D eigenvalue weighted by Gasteiger charge is -2.20. The molecule has 0 N–H and O–H groups in total. The summed E-state index contributed by atoms with van der Waals surface area (Å²) in [5, 5.41) is 0. The van der Waals surface area contributed by atoms with E-state index in [0.717, 1.165) is 18.4 Å². The van der Waals surface area contributed by atoms with E-state index in [4.69, 9.17) is 4.74 Å². The smallest absolute Gasteiger partial charge is 0.306 e. The molecule has 22 heavy (non-hydrogen) atoms. The van der Waals surface area contributed by atoms with Crippen LogP contribution in [0.25, 0.3) is 0 Å². The first kappa shape index (κ1) is 17.0. The van der Waals surface area contributed by atoms with E-state index in [2.05, 4.69) is 0 Å². The van der Waals surface area contributed by atoms with E-state index in [1.165, 1.54) is 19.3 Å². The first-order valence-corrected chi connectivity index (χ1v) is 9.57. The Balaban J connectivity index is 1.78. The summed E-state index contributed by atoms with van der Waals surface area (Å²) in [6.07, 6.45) is 5.79. The average Bonchev–Trinajstić information content (AvgIpc) is 2.52. The highest BCUT2D eigenvalue weighted by atomic mass is 32.2. The molecule has 0 saturated heterocycles. The van der Waals surface area contributed by atoms with E-state index in [-0.39, 0.29) is 17.1 Å². The monoisotopic (exact) mass is 324 g/mol. The zero-order valence-electron chi connectivity index (χ0n) is 13.1. The third-order valence-corrected chi connectivity index (χ3v) is 5.89. The second kappa shape index (κ2) is 7.77. The molecule has 122 valence electrons. The third-order valence-electron chi connectivity index (χ3n) is 4.16. The van der Waals surface area contributed by atoms with Crippen molar-refractivity contribution in [3.8, 4) is 0 Å². The van der Waals surface area contributed by atoms with Gasteiger partial charge in [0, 0.05) is 0 Å². The number of aryl methyl sites for hydroxylation is 1. The number of sulfone groups is 1. The van der Waals surface area contributed by atoms with Crippen molar-refractivity contribution < 1.29 is 17.9 Å². The molecule has 0 spiro atoms. The van der Waals surface area contributed by atoms with Crippen LogP contribution in [0.5, 0.6) is 0 Å². The normalized spacial score (nSPS) is 16.4. The molecule has 1 aromatic carbocycles. The lowest BCUT2D eigenvalue weighted by atomic mass is 9.90. The predicted molar refractivity (Wildman–Crippen MR) is 85.4 cm³/mol. The van der Waals surface area contributed by atoms with Crippen molar-refractivity contribution in [2.75, 3.05) is 12.4 Å². The van der Waals surface area contributed by atoms with Crippen LogP contribution in [-0.2, 0) is 19.4 Å². The molecule has 1 aromatic rings. The molecule has 0 bridgehead atoms. The Morgan fingerprint density at radius 2 is 1.77 bits per heavy atom. The molecule has 0 heterocycles. The largest absolute Gasteiger partial charge is 0.465 e. The van der Waals surface area contributed by atoms with E-state index >= 15 is 0 Å². The van der Waals surface area contributed by atoms with Crippen LogP contribution < -0.4 is 0 Å². The van der Waals surface area contributed by atoms with Crippen molar-refractivity contribution in [3.63, 3.8) is 0 Å². The van der Waals surface area contributed by atoms with E-state index < -0.39 is 15.8 Å². The fraction of sp³-hybridized carbons (Fsp3) is 0.588. The van der Waals surface area contributed by atoms with E-state index in [9.17, 15) is 13.2 Å². The van der Waals surface area contributed by atoms with Gasteiger partial charge in [-0.05, 0) is 37.8 Å². The Labute approximate surface area is 132 Å². The van der Waals surface area contributed by atoms with Crippen molar-refractivity contribution >= 4 is 15.8 Å². The lowest BCUT2D eigenvalue weighted by molar-refractivity contribution is -0.144. The van der Waals surface area contributed by atoms with Crippen LogP contribution in [-0.4, -0.2) is 26.7 Å². The summed E-state index contributed by atoms with van der Waals surface area (Å²) in [4.78, 5) is 12.0. The van der Waals surface area contributed by atoms with Gasteiger partial charge in [0.1, 0.15) is 0 Å². The molecule has 0 amide bonds. The number of hydrogen-bond acceptors (Lipinski definition) is 4. The van der Waals surface area contributed by atoms with Crippen LogP contribution in [0.3, 0.4) is 0 Å². The Bertz CT molecular complexity index is 584. The molecule has 1 fully saturated rings. The summed E-state index contributed by atoms with van der Waals surface area (Å²) in [5.41, 5.74) is 1.01.